The van der Waals surface area contributed by atoms with E-state index in [9.17, 15) is 9.00 Å². The van der Waals surface area contributed by atoms with Gasteiger partial charge in [0.2, 0.25) is 0 Å². The summed E-state index contributed by atoms with van der Waals surface area (Å²) in [6.07, 6.45) is 4.88. The van der Waals surface area contributed by atoms with Crippen molar-refractivity contribution in [3.05, 3.63) is 29.6 Å². The van der Waals surface area contributed by atoms with E-state index in [2.05, 4.69) is 4.98 Å². The van der Waals surface area contributed by atoms with Gasteiger partial charge in [-0.05, 0) is 37.8 Å². The smallest absolute Gasteiger partial charge is 0.184 e. The highest BCUT2D eigenvalue weighted by Crippen LogP contribution is 2.39. The normalized spacial score (nSPS) is 32.8. The molecule has 4 nitrogen and oxygen atoms in total. The van der Waals surface area contributed by atoms with Gasteiger partial charge in [-0.1, -0.05) is 0 Å². The van der Waals surface area contributed by atoms with Crippen LogP contribution in [-0.2, 0) is 10.8 Å². The highest BCUT2D eigenvalue weighted by Gasteiger charge is 2.43. The number of pyridine rings is 1. The Morgan fingerprint density at radius 1 is 1.37 bits per heavy atom. The van der Waals surface area contributed by atoms with Gasteiger partial charge in [0.1, 0.15) is 5.69 Å². The molecule has 0 N–H and O–H groups in total. The van der Waals surface area contributed by atoms with E-state index in [1.54, 1.807) is 12.1 Å². The minimum Gasteiger partial charge on any atom is -0.292 e. The Bertz CT molecular complexity index is 577. The van der Waals surface area contributed by atoms with Gasteiger partial charge in [-0.15, -0.1) is 0 Å². The highest BCUT2D eigenvalue weighted by molar-refractivity contribution is 7.86. The van der Waals surface area contributed by atoms with Gasteiger partial charge < -0.3 is 0 Å². The summed E-state index contributed by atoms with van der Waals surface area (Å²) in [5.74, 6) is -0.0673. The first-order chi connectivity index (χ1) is 9.19. The zero-order chi connectivity index (χ0) is 13.4. The highest BCUT2D eigenvalue weighted by atomic mass is 32.2. The van der Waals surface area contributed by atoms with E-state index >= 15 is 0 Å². The van der Waals surface area contributed by atoms with Crippen LogP contribution in [0.15, 0.2) is 18.3 Å². The number of nitrogens with zero attached hydrogens (tertiary/aromatic N) is 2. The van der Waals surface area contributed by atoms with E-state index in [-0.39, 0.29) is 22.2 Å². The van der Waals surface area contributed by atoms with Crippen LogP contribution in [0.4, 0.5) is 0 Å². The number of aromatic nitrogens is 1. The molecule has 3 heterocycles. The molecule has 3 rings (SSSR count). The van der Waals surface area contributed by atoms with Crippen molar-refractivity contribution in [2.75, 3.05) is 0 Å². The second-order valence-electron chi connectivity index (χ2n) is 5.22. The molecular weight excluding hydrogens is 260 g/mol. The van der Waals surface area contributed by atoms with Crippen molar-refractivity contribution in [1.82, 2.24) is 4.98 Å². The summed E-state index contributed by atoms with van der Waals surface area (Å²) in [7, 11) is -0.743. The van der Waals surface area contributed by atoms with Crippen LogP contribution in [0.1, 0.15) is 41.7 Å². The van der Waals surface area contributed by atoms with Crippen LogP contribution in [-0.4, -0.2) is 25.5 Å². The van der Waals surface area contributed by atoms with Crippen LogP contribution >= 0.6 is 0 Å². The molecule has 2 saturated heterocycles. The lowest BCUT2D eigenvalue weighted by Crippen LogP contribution is -2.32. The average molecular weight is 274 g/mol. The maximum absolute atomic E-state index is 12.4. The van der Waals surface area contributed by atoms with E-state index in [0.717, 1.165) is 12.8 Å². The second-order valence-corrected chi connectivity index (χ2v) is 7.21. The van der Waals surface area contributed by atoms with Gasteiger partial charge in [-0.25, -0.2) is 0 Å². The fourth-order valence-electron chi connectivity index (χ4n) is 3.09. The Hall–Kier alpha value is -1.54. The van der Waals surface area contributed by atoms with Crippen molar-refractivity contribution in [3.63, 3.8) is 0 Å². The predicted octanol–water partition coefficient (Wildman–Crippen LogP) is 1.83. The first-order valence-corrected chi connectivity index (χ1v) is 7.76. The zero-order valence-electron chi connectivity index (χ0n) is 10.4. The Morgan fingerprint density at radius 2 is 2.05 bits per heavy atom. The summed E-state index contributed by atoms with van der Waals surface area (Å²) < 4.78 is 11.9. The van der Waals surface area contributed by atoms with Crippen molar-refractivity contribution < 1.29 is 9.00 Å². The molecule has 19 heavy (non-hydrogen) atoms. The number of carbonyl (C=O) groups excluding carboxylic acids is 1. The fourth-order valence-corrected chi connectivity index (χ4v) is 5.22. The minimum absolute atomic E-state index is 0.00528. The zero-order valence-corrected chi connectivity index (χ0v) is 11.2. The largest absolute Gasteiger partial charge is 0.292 e. The van der Waals surface area contributed by atoms with Crippen LogP contribution in [0.3, 0.4) is 0 Å². The van der Waals surface area contributed by atoms with E-state index in [4.69, 9.17) is 5.26 Å². The van der Waals surface area contributed by atoms with Gasteiger partial charge in [0.15, 0.2) is 5.78 Å². The minimum atomic E-state index is -0.743. The van der Waals surface area contributed by atoms with Gasteiger partial charge >= 0.3 is 0 Å². The van der Waals surface area contributed by atoms with Gasteiger partial charge in [0.05, 0.1) is 11.6 Å². The molecule has 0 aliphatic carbocycles. The van der Waals surface area contributed by atoms with E-state index in [1.165, 1.54) is 6.20 Å². The molecule has 2 atom stereocenters. The molecule has 5 heteroatoms. The molecule has 2 unspecified atom stereocenters. The quantitative estimate of drug-likeness (QED) is 0.771. The van der Waals surface area contributed by atoms with E-state index in [0.29, 0.717) is 24.1 Å². The van der Waals surface area contributed by atoms with Crippen LogP contribution < -0.4 is 0 Å². The van der Waals surface area contributed by atoms with Crippen molar-refractivity contribution in [3.8, 4) is 6.07 Å². The number of fused-ring (bicyclic) bond motifs is 2. The molecule has 1 aromatic heterocycles. The molecule has 2 bridgehead atoms. The number of Topliss-reactive ketones (excluding diaryl/α,β-unsaturated/α-hetero) is 1. The Balaban J connectivity index is 1.81. The average Bonchev–Trinajstić information content (AvgIpc) is 2.68. The molecule has 0 spiro atoms. The molecule has 0 aromatic carbocycles. The summed E-state index contributed by atoms with van der Waals surface area (Å²) in [4.78, 5) is 16.5. The maximum atomic E-state index is 12.4. The lowest BCUT2D eigenvalue weighted by atomic mass is 9.92. The van der Waals surface area contributed by atoms with Crippen molar-refractivity contribution in [1.29, 1.82) is 5.26 Å². The van der Waals surface area contributed by atoms with E-state index < -0.39 is 10.8 Å². The predicted molar refractivity (Wildman–Crippen MR) is 71.0 cm³/mol. The molecule has 2 fully saturated rings. The molecule has 0 amide bonds. The number of rotatable bonds is 2. The van der Waals surface area contributed by atoms with E-state index in [1.807, 2.05) is 6.07 Å². The molecule has 98 valence electrons. The van der Waals surface area contributed by atoms with Crippen molar-refractivity contribution in [2.24, 2.45) is 5.92 Å². The lowest BCUT2D eigenvalue weighted by molar-refractivity contribution is 0.0901. The second kappa shape index (κ2) is 4.86. The monoisotopic (exact) mass is 274 g/mol. The topological polar surface area (TPSA) is 70.8 Å². The first-order valence-electron chi connectivity index (χ1n) is 6.49. The number of nitriles is 1. The summed E-state index contributed by atoms with van der Waals surface area (Å²) in [5, 5.41) is 9.23. The Labute approximate surface area is 114 Å². The summed E-state index contributed by atoms with van der Waals surface area (Å²) in [5.41, 5.74) is 0.830. The van der Waals surface area contributed by atoms with Gasteiger partial charge in [0, 0.05) is 33.4 Å². The third-order valence-corrected chi connectivity index (χ3v) is 6.25. The molecule has 0 saturated carbocycles. The fraction of sp³-hybridized carbons (Fsp3) is 0.500. The molecule has 2 aliphatic heterocycles. The van der Waals surface area contributed by atoms with Gasteiger partial charge in [-0.3, -0.25) is 14.0 Å². The summed E-state index contributed by atoms with van der Waals surface area (Å²) >= 11 is 0. The third kappa shape index (κ3) is 2.21. The maximum Gasteiger partial charge on any atom is 0.184 e. The van der Waals surface area contributed by atoms with Crippen molar-refractivity contribution in [2.45, 2.75) is 36.2 Å². The summed E-state index contributed by atoms with van der Waals surface area (Å²) in [6.45, 7) is 0. The Kier molecular flexibility index (Phi) is 3.19. The third-order valence-electron chi connectivity index (χ3n) is 4.07. The van der Waals surface area contributed by atoms with Gasteiger partial charge in [-0.2, -0.15) is 5.26 Å². The number of ketones is 1. The SMILES string of the molecule is N#Cc1ccnc(C(=O)C2CC3CCC(C2)S3=O)c1. The molecule has 2 aliphatic rings. The van der Waals surface area contributed by atoms with Gasteiger partial charge in [0.25, 0.3) is 0 Å². The van der Waals surface area contributed by atoms with Crippen LogP contribution in [0, 0.1) is 17.2 Å². The Morgan fingerprint density at radius 3 is 2.68 bits per heavy atom. The van der Waals surface area contributed by atoms with Crippen LogP contribution in [0.25, 0.3) is 0 Å². The first kappa shape index (κ1) is 12.5. The summed E-state index contributed by atoms with van der Waals surface area (Å²) in [6, 6.07) is 5.17. The standard InChI is InChI=1S/C14H14N2O2S/c15-8-9-3-4-16-13(5-9)14(17)10-6-11-1-2-12(7-10)19(11)18/h3-5,10-12H,1-2,6-7H2. The van der Waals surface area contributed by atoms with Crippen molar-refractivity contribution >= 4 is 16.6 Å². The molecular formula is C14H14N2O2S. The molecule has 0 radical (unpaired) electrons. The van der Waals surface area contributed by atoms with Crippen LogP contribution in [0.5, 0.6) is 0 Å². The lowest BCUT2D eigenvalue weighted by Gasteiger charge is -2.25. The molecule has 1 aromatic rings. The number of hydrogen-bond acceptors (Lipinski definition) is 4. The number of carbonyl (C=O) groups is 1. The van der Waals surface area contributed by atoms with Crippen LogP contribution in [0.2, 0.25) is 0 Å². The number of hydrogen-bond donors (Lipinski definition) is 0.